The maximum atomic E-state index is 5.92. The van der Waals surface area contributed by atoms with Crippen molar-refractivity contribution in [2.75, 3.05) is 0 Å². The Morgan fingerprint density at radius 2 is 1.70 bits per heavy atom. The van der Waals surface area contributed by atoms with E-state index in [1.165, 1.54) is 5.39 Å². The molecule has 20 heavy (non-hydrogen) atoms. The van der Waals surface area contributed by atoms with Crippen molar-refractivity contribution in [2.24, 2.45) is 0 Å². The van der Waals surface area contributed by atoms with E-state index >= 15 is 0 Å². The van der Waals surface area contributed by atoms with Crippen LogP contribution in [0.15, 0.2) is 66.9 Å². The van der Waals surface area contributed by atoms with Crippen LogP contribution in [0.5, 0.6) is 0 Å². The Morgan fingerprint density at radius 1 is 0.850 bits per heavy atom. The molecule has 0 amide bonds. The highest BCUT2D eigenvalue weighted by Crippen LogP contribution is 2.29. The van der Waals surface area contributed by atoms with Gasteiger partial charge >= 0.3 is 0 Å². The molecule has 2 nitrogen and oxygen atoms in total. The third-order valence-corrected chi connectivity index (χ3v) is 3.56. The summed E-state index contributed by atoms with van der Waals surface area (Å²) in [6.07, 6.45) is 1.82. The molecule has 2 heterocycles. The van der Waals surface area contributed by atoms with Gasteiger partial charge in [-0.05, 0) is 30.3 Å². The third-order valence-electron chi connectivity index (χ3n) is 3.56. The van der Waals surface area contributed by atoms with Gasteiger partial charge in [0.1, 0.15) is 13.5 Å². The smallest absolute Gasteiger partial charge is 0.145 e. The summed E-state index contributed by atoms with van der Waals surface area (Å²) in [5.41, 5.74) is 3.89. The largest absolute Gasteiger partial charge is 0.294 e. The topological polar surface area (TPSA) is 17.8 Å². The van der Waals surface area contributed by atoms with Crippen molar-refractivity contribution >= 4 is 35.2 Å². The van der Waals surface area contributed by atoms with Gasteiger partial charge in [-0.1, -0.05) is 35.8 Å². The first-order valence-corrected chi connectivity index (χ1v) is 6.55. The normalized spacial score (nSPS) is 11.2. The molecule has 4 rings (SSSR count). The van der Waals surface area contributed by atoms with Gasteiger partial charge in [0, 0.05) is 22.7 Å². The number of aromatic nitrogens is 2. The molecule has 0 N–H and O–H groups in total. The van der Waals surface area contributed by atoms with E-state index in [1.54, 1.807) is 0 Å². The number of pyridine rings is 1. The molecule has 92 valence electrons. The maximum absolute atomic E-state index is 5.92. The highest BCUT2D eigenvalue weighted by Gasteiger charge is 2.11. The first kappa shape index (κ1) is 11.3. The lowest BCUT2D eigenvalue weighted by Crippen LogP contribution is -2.04. The lowest BCUT2D eigenvalue weighted by Gasteiger charge is -2.07. The number of rotatable bonds is 1. The van der Waals surface area contributed by atoms with E-state index in [1.807, 2.05) is 36.5 Å². The minimum atomic E-state index is 0.754. The first-order chi connectivity index (χ1) is 9.84. The second-order valence-electron chi connectivity index (χ2n) is 4.82. The van der Waals surface area contributed by atoms with Crippen LogP contribution in [0.25, 0.3) is 27.6 Å². The third kappa shape index (κ3) is 1.56. The summed E-state index contributed by atoms with van der Waals surface area (Å²) in [4.78, 5) is 4.55. The van der Waals surface area contributed by atoms with Crippen molar-refractivity contribution in [3.8, 4) is 5.69 Å². The Bertz CT molecular complexity index is 871. The van der Waals surface area contributed by atoms with Crippen LogP contribution < -0.4 is 5.46 Å². The molecule has 3 heteroatoms. The van der Waals surface area contributed by atoms with Crippen LogP contribution in [0.3, 0.4) is 0 Å². The minimum absolute atomic E-state index is 0.754. The van der Waals surface area contributed by atoms with E-state index in [9.17, 15) is 0 Å². The summed E-state index contributed by atoms with van der Waals surface area (Å²) in [5.74, 6) is 0. The lowest BCUT2D eigenvalue weighted by atomic mass is 9.96. The molecule has 2 aromatic heterocycles. The summed E-state index contributed by atoms with van der Waals surface area (Å²) in [6.45, 7) is 0. The van der Waals surface area contributed by atoms with Gasteiger partial charge in [0.25, 0.3) is 0 Å². The molecule has 0 aliphatic heterocycles. The SMILES string of the molecule is [B]c1cccc(-n2c3ccccc3c3cccnc32)c1. The second-order valence-corrected chi connectivity index (χ2v) is 4.82. The number of fused-ring (bicyclic) bond motifs is 3. The minimum Gasteiger partial charge on any atom is -0.294 e. The van der Waals surface area contributed by atoms with E-state index in [4.69, 9.17) is 7.85 Å². The number of nitrogens with zero attached hydrogens (tertiary/aromatic N) is 2. The Morgan fingerprint density at radius 3 is 2.60 bits per heavy atom. The van der Waals surface area contributed by atoms with Crippen molar-refractivity contribution in [1.82, 2.24) is 9.55 Å². The first-order valence-electron chi connectivity index (χ1n) is 6.55. The number of hydrogen-bond donors (Lipinski definition) is 0. The average molecular weight is 254 g/mol. The summed E-state index contributed by atoms with van der Waals surface area (Å²) in [6, 6.07) is 20.3. The molecule has 0 unspecified atom stereocenters. The average Bonchev–Trinajstić information content (AvgIpc) is 2.82. The Kier molecular flexibility index (Phi) is 2.39. The second kappa shape index (κ2) is 4.24. The molecule has 0 aliphatic carbocycles. The van der Waals surface area contributed by atoms with Crippen LogP contribution in [0, 0.1) is 0 Å². The molecule has 0 saturated carbocycles. The van der Waals surface area contributed by atoms with Gasteiger partial charge in [-0.3, -0.25) is 4.57 Å². The van der Waals surface area contributed by atoms with E-state index in [-0.39, 0.29) is 0 Å². The molecule has 0 aliphatic rings. The van der Waals surface area contributed by atoms with Crippen LogP contribution in [0.4, 0.5) is 0 Å². The highest BCUT2D eigenvalue weighted by molar-refractivity contribution is 6.32. The summed E-state index contributed by atoms with van der Waals surface area (Å²) < 4.78 is 2.15. The molecule has 0 spiro atoms. The Labute approximate surface area is 118 Å². The lowest BCUT2D eigenvalue weighted by molar-refractivity contribution is 1.14. The van der Waals surface area contributed by atoms with Crippen LogP contribution in [-0.2, 0) is 0 Å². The van der Waals surface area contributed by atoms with E-state index < -0.39 is 0 Å². The van der Waals surface area contributed by atoms with Gasteiger partial charge in [0.05, 0.1) is 5.52 Å². The molecule has 0 bridgehead atoms. The van der Waals surface area contributed by atoms with Crippen LogP contribution in [-0.4, -0.2) is 17.4 Å². The van der Waals surface area contributed by atoms with Gasteiger partial charge in [-0.15, -0.1) is 0 Å². The summed E-state index contributed by atoms with van der Waals surface area (Å²) in [7, 11) is 5.92. The predicted molar refractivity (Wildman–Crippen MR) is 84.0 cm³/mol. The molecule has 2 aromatic carbocycles. The molecular weight excluding hydrogens is 243 g/mol. The molecule has 0 saturated heterocycles. The zero-order chi connectivity index (χ0) is 13.5. The number of benzene rings is 2. The fourth-order valence-corrected chi connectivity index (χ4v) is 2.72. The van der Waals surface area contributed by atoms with E-state index in [0.29, 0.717) is 0 Å². The fraction of sp³-hybridized carbons (Fsp3) is 0. The molecule has 2 radical (unpaired) electrons. The number of para-hydroxylation sites is 1. The van der Waals surface area contributed by atoms with Crippen molar-refractivity contribution < 1.29 is 0 Å². The molecule has 0 atom stereocenters. The molecule has 4 aromatic rings. The quantitative estimate of drug-likeness (QED) is 0.477. The van der Waals surface area contributed by atoms with Gasteiger partial charge in [-0.2, -0.15) is 0 Å². The van der Waals surface area contributed by atoms with Gasteiger partial charge in [0.2, 0.25) is 0 Å². The summed E-state index contributed by atoms with van der Waals surface area (Å²) >= 11 is 0. The van der Waals surface area contributed by atoms with Crippen LogP contribution in [0.2, 0.25) is 0 Å². The summed E-state index contributed by atoms with van der Waals surface area (Å²) in [5, 5.41) is 2.36. The zero-order valence-corrected chi connectivity index (χ0v) is 10.8. The standard InChI is InChI=1S/C17H11BN2/c18-12-5-3-6-13(11-12)20-16-9-2-1-7-14(16)15-8-4-10-19-17(15)20/h1-11H. The van der Waals surface area contributed by atoms with Crippen molar-refractivity contribution in [3.63, 3.8) is 0 Å². The van der Waals surface area contributed by atoms with Crippen molar-refractivity contribution in [1.29, 1.82) is 0 Å². The van der Waals surface area contributed by atoms with E-state index in [0.717, 1.165) is 27.7 Å². The maximum Gasteiger partial charge on any atom is 0.145 e. The van der Waals surface area contributed by atoms with Crippen LogP contribution in [0.1, 0.15) is 0 Å². The van der Waals surface area contributed by atoms with Gasteiger partial charge in [0.15, 0.2) is 0 Å². The van der Waals surface area contributed by atoms with E-state index in [2.05, 4.69) is 39.9 Å². The van der Waals surface area contributed by atoms with Crippen molar-refractivity contribution in [3.05, 3.63) is 66.9 Å². The Balaban J connectivity index is 2.21. The van der Waals surface area contributed by atoms with Gasteiger partial charge < -0.3 is 0 Å². The highest BCUT2D eigenvalue weighted by atomic mass is 15.0. The zero-order valence-electron chi connectivity index (χ0n) is 10.8. The van der Waals surface area contributed by atoms with Gasteiger partial charge in [-0.25, -0.2) is 4.98 Å². The predicted octanol–water partition coefficient (Wildman–Crippen LogP) is 2.97. The number of hydrogen-bond acceptors (Lipinski definition) is 1. The fourth-order valence-electron chi connectivity index (χ4n) is 2.72. The molecule has 0 fully saturated rings. The van der Waals surface area contributed by atoms with Crippen molar-refractivity contribution in [2.45, 2.75) is 0 Å². The monoisotopic (exact) mass is 254 g/mol. The molecular formula is C17H11BN2. The Hall–Kier alpha value is -2.55. The van der Waals surface area contributed by atoms with Crippen LogP contribution >= 0.6 is 0 Å².